The van der Waals surface area contributed by atoms with Gasteiger partial charge in [-0.3, -0.25) is 4.79 Å². The molecule has 0 radical (unpaired) electrons. The first-order valence-corrected chi connectivity index (χ1v) is 8.62. The molecule has 20 heavy (non-hydrogen) atoms. The van der Waals surface area contributed by atoms with E-state index in [4.69, 9.17) is 14.4 Å². The Morgan fingerprint density at radius 2 is 2.15 bits per heavy atom. The summed E-state index contributed by atoms with van der Waals surface area (Å²) in [6.45, 7) is 6.92. The molecule has 2 unspecified atom stereocenters. The van der Waals surface area contributed by atoms with E-state index >= 15 is 0 Å². The zero-order chi connectivity index (χ0) is 14.5. The van der Waals surface area contributed by atoms with E-state index in [9.17, 15) is 4.79 Å². The van der Waals surface area contributed by atoms with Gasteiger partial charge in [-0.25, -0.2) is 0 Å². The van der Waals surface area contributed by atoms with E-state index in [1.165, 1.54) is 18.2 Å². The number of rotatable bonds is 5. The molecule has 4 nitrogen and oxygen atoms in total. The van der Waals surface area contributed by atoms with Gasteiger partial charge in [-0.05, 0) is 49.1 Å². The maximum Gasteiger partial charge on any atom is 0.458 e. The monoisotopic (exact) mass is 298 g/mol. The summed E-state index contributed by atoms with van der Waals surface area (Å²) in [5.41, 5.74) is 0.238. The third kappa shape index (κ3) is 2.20. The summed E-state index contributed by atoms with van der Waals surface area (Å²) in [5.74, 6) is 1.54. The number of hydrogen-bond acceptors (Lipinski definition) is 4. The van der Waals surface area contributed by atoms with Gasteiger partial charge in [0.1, 0.15) is 0 Å². The Bertz CT molecular complexity index is 416. The van der Waals surface area contributed by atoms with Crippen LogP contribution in [-0.4, -0.2) is 41.4 Å². The Morgan fingerprint density at radius 3 is 2.80 bits per heavy atom. The van der Waals surface area contributed by atoms with Crippen molar-refractivity contribution in [1.29, 1.82) is 0 Å². The summed E-state index contributed by atoms with van der Waals surface area (Å²) in [4.78, 5) is 10.5. The zero-order valence-electron chi connectivity index (χ0n) is 12.4. The lowest BCUT2D eigenvalue weighted by atomic mass is 9.43. The summed E-state index contributed by atoms with van der Waals surface area (Å²) in [5, 5.41) is 8.63. The molecule has 1 N–H and O–H groups in total. The molecule has 4 aliphatic rings. The molecular formula is C14H23BO4S. The number of thioether (sulfide) groups is 1. The van der Waals surface area contributed by atoms with E-state index in [1.54, 1.807) is 0 Å². The summed E-state index contributed by atoms with van der Waals surface area (Å²) < 4.78 is 12.3. The molecule has 4 atom stereocenters. The Balaban J connectivity index is 1.55. The minimum absolute atomic E-state index is 0.139. The van der Waals surface area contributed by atoms with Gasteiger partial charge in [0.15, 0.2) is 0 Å². The maximum absolute atomic E-state index is 10.5. The highest BCUT2D eigenvalue weighted by Crippen LogP contribution is 2.65. The van der Waals surface area contributed by atoms with E-state index in [2.05, 4.69) is 20.8 Å². The number of hydrogen-bond donors (Lipinski definition) is 1. The molecule has 0 spiro atoms. The predicted molar refractivity (Wildman–Crippen MR) is 79.9 cm³/mol. The van der Waals surface area contributed by atoms with Gasteiger partial charge in [0.25, 0.3) is 0 Å². The Kier molecular flexibility index (Phi) is 3.62. The molecule has 3 aliphatic carbocycles. The van der Waals surface area contributed by atoms with Gasteiger partial charge in [-0.1, -0.05) is 13.8 Å². The molecule has 4 fully saturated rings. The molecule has 1 saturated heterocycles. The van der Waals surface area contributed by atoms with Crippen LogP contribution in [0.5, 0.6) is 0 Å². The lowest BCUT2D eigenvalue weighted by Crippen LogP contribution is -2.65. The second kappa shape index (κ2) is 4.92. The highest BCUT2D eigenvalue weighted by atomic mass is 32.2. The Labute approximate surface area is 125 Å². The minimum Gasteiger partial charge on any atom is -0.481 e. The van der Waals surface area contributed by atoms with Crippen LogP contribution in [0.1, 0.15) is 33.6 Å². The largest absolute Gasteiger partial charge is 0.481 e. The van der Waals surface area contributed by atoms with E-state index in [1.807, 2.05) is 0 Å². The molecule has 4 rings (SSSR count). The quantitative estimate of drug-likeness (QED) is 0.624. The third-order valence-electron chi connectivity index (χ3n) is 5.73. The van der Waals surface area contributed by atoms with Crippen LogP contribution in [-0.2, 0) is 14.1 Å². The van der Waals surface area contributed by atoms with Crippen molar-refractivity contribution in [1.82, 2.24) is 0 Å². The lowest BCUT2D eigenvalue weighted by Gasteiger charge is -2.64. The summed E-state index contributed by atoms with van der Waals surface area (Å²) in [6, 6.07) is 0. The number of carboxylic acids is 1. The zero-order valence-corrected chi connectivity index (χ0v) is 13.2. The number of carboxylic acid groups (broad SMARTS) is 1. The van der Waals surface area contributed by atoms with Crippen molar-refractivity contribution in [3.63, 3.8) is 0 Å². The van der Waals surface area contributed by atoms with Crippen LogP contribution >= 0.6 is 11.8 Å². The van der Waals surface area contributed by atoms with Crippen molar-refractivity contribution in [3.8, 4) is 0 Å². The van der Waals surface area contributed by atoms with Gasteiger partial charge < -0.3 is 14.4 Å². The molecule has 1 heterocycles. The number of carbonyl (C=O) groups is 1. The normalized spacial score (nSPS) is 41.1. The van der Waals surface area contributed by atoms with Gasteiger partial charge in [0, 0.05) is 0 Å². The Hall–Kier alpha value is -0.195. The van der Waals surface area contributed by atoms with Crippen LogP contribution in [0.15, 0.2) is 0 Å². The van der Waals surface area contributed by atoms with Crippen LogP contribution in [0.2, 0.25) is 6.32 Å². The molecule has 6 heteroatoms. The van der Waals surface area contributed by atoms with Crippen molar-refractivity contribution >= 4 is 24.8 Å². The topological polar surface area (TPSA) is 55.8 Å². The van der Waals surface area contributed by atoms with Crippen LogP contribution < -0.4 is 0 Å². The minimum atomic E-state index is -0.758. The standard InChI is InChI=1S/C14H23BO4S/c1-13(2)9-6-10(13)14(3)11(7-9)18-15(19-14)4-5-20-8-12(16)17/h9-11H,4-8H2,1-3H3,(H,16,17)/t9?,10?,11-,14+/m1/s1. The fraction of sp³-hybridized carbons (Fsp3) is 0.929. The van der Waals surface area contributed by atoms with E-state index in [0.29, 0.717) is 11.3 Å². The van der Waals surface area contributed by atoms with Crippen LogP contribution in [0.25, 0.3) is 0 Å². The predicted octanol–water partition coefficient (Wildman–Crippen LogP) is 2.53. The van der Waals surface area contributed by atoms with E-state index in [-0.39, 0.29) is 24.6 Å². The average Bonchev–Trinajstić information content (AvgIpc) is 2.69. The van der Waals surface area contributed by atoms with Crippen molar-refractivity contribution < 1.29 is 19.2 Å². The molecular weight excluding hydrogens is 275 g/mol. The van der Waals surface area contributed by atoms with E-state index < -0.39 is 5.97 Å². The lowest BCUT2D eigenvalue weighted by molar-refractivity contribution is -0.199. The molecule has 0 aromatic carbocycles. The first-order chi connectivity index (χ1) is 9.34. The molecule has 1 aliphatic heterocycles. The highest BCUT2D eigenvalue weighted by Gasteiger charge is 2.67. The van der Waals surface area contributed by atoms with Crippen LogP contribution in [0.3, 0.4) is 0 Å². The molecule has 0 aromatic heterocycles. The fourth-order valence-corrected chi connectivity index (χ4v) is 5.09. The van der Waals surface area contributed by atoms with Crippen molar-refractivity contribution in [2.24, 2.45) is 17.3 Å². The molecule has 3 saturated carbocycles. The van der Waals surface area contributed by atoms with Gasteiger partial charge in [-0.15, -0.1) is 0 Å². The second-order valence-corrected chi connectivity index (χ2v) is 8.24. The third-order valence-corrected chi connectivity index (χ3v) is 6.70. The van der Waals surface area contributed by atoms with Gasteiger partial charge in [0.2, 0.25) is 0 Å². The molecule has 0 aromatic rings. The average molecular weight is 298 g/mol. The molecule has 112 valence electrons. The van der Waals surface area contributed by atoms with Gasteiger partial charge >= 0.3 is 13.1 Å². The first-order valence-electron chi connectivity index (χ1n) is 7.47. The van der Waals surface area contributed by atoms with Crippen molar-refractivity contribution in [3.05, 3.63) is 0 Å². The van der Waals surface area contributed by atoms with Crippen LogP contribution in [0.4, 0.5) is 0 Å². The van der Waals surface area contributed by atoms with Gasteiger partial charge in [0.05, 0.1) is 17.5 Å². The summed E-state index contributed by atoms with van der Waals surface area (Å²) in [7, 11) is -0.151. The highest BCUT2D eigenvalue weighted by molar-refractivity contribution is 7.99. The summed E-state index contributed by atoms with van der Waals surface area (Å²) in [6.07, 6.45) is 3.39. The SMILES string of the molecule is CC1(C)C2CC1[C@]1(C)OB(CCSCC(=O)O)O[C@@H]1C2. The van der Waals surface area contributed by atoms with Crippen molar-refractivity contribution in [2.45, 2.75) is 51.6 Å². The number of aliphatic carboxylic acids is 1. The smallest absolute Gasteiger partial charge is 0.458 e. The molecule has 0 amide bonds. The van der Waals surface area contributed by atoms with Crippen molar-refractivity contribution in [2.75, 3.05) is 11.5 Å². The Morgan fingerprint density at radius 1 is 1.40 bits per heavy atom. The second-order valence-electron chi connectivity index (χ2n) is 7.13. The maximum atomic E-state index is 10.5. The fourth-order valence-electron chi connectivity index (χ4n) is 4.41. The molecule has 2 bridgehead atoms. The van der Waals surface area contributed by atoms with Gasteiger partial charge in [-0.2, -0.15) is 11.8 Å². The first kappa shape index (κ1) is 14.7. The van der Waals surface area contributed by atoms with Crippen LogP contribution in [0, 0.1) is 17.3 Å². The summed E-state index contributed by atoms with van der Waals surface area (Å²) >= 11 is 1.43. The van der Waals surface area contributed by atoms with E-state index in [0.717, 1.165) is 24.4 Å².